The molecule has 0 saturated heterocycles. The molecule has 0 fully saturated rings. The zero-order valence-electron chi connectivity index (χ0n) is 12.3. The first-order valence-electron chi connectivity index (χ1n) is 7.01. The number of hydrogen-bond donors (Lipinski definition) is 1. The standard InChI is InChI=1S/C15H21N3O2S/c1-13(14(2)18-11-6-9-17-18)16-10-12-21(19,20)15-7-4-3-5-8-15/h3-9,11,13-14,16H,10,12H2,1-2H3/t13-,14+/m1/s1. The van der Waals surface area contributed by atoms with Gasteiger partial charge in [-0.05, 0) is 32.0 Å². The third-order valence-electron chi connectivity index (χ3n) is 3.61. The minimum atomic E-state index is -3.22. The molecule has 0 spiro atoms. The van der Waals surface area contributed by atoms with E-state index in [1.165, 1.54) is 0 Å². The van der Waals surface area contributed by atoms with Crippen molar-refractivity contribution in [1.29, 1.82) is 0 Å². The third-order valence-corrected chi connectivity index (χ3v) is 5.34. The summed E-state index contributed by atoms with van der Waals surface area (Å²) in [5.74, 6) is 0.0905. The van der Waals surface area contributed by atoms with Gasteiger partial charge in [0.2, 0.25) is 0 Å². The Morgan fingerprint density at radius 3 is 2.52 bits per heavy atom. The van der Waals surface area contributed by atoms with Crippen LogP contribution in [0.25, 0.3) is 0 Å². The van der Waals surface area contributed by atoms with Crippen LogP contribution in [0.2, 0.25) is 0 Å². The Bertz CT molecular complexity index is 639. The molecule has 6 heteroatoms. The Morgan fingerprint density at radius 1 is 1.19 bits per heavy atom. The molecule has 2 rings (SSSR count). The summed E-state index contributed by atoms with van der Waals surface area (Å²) < 4.78 is 26.2. The Labute approximate surface area is 125 Å². The molecule has 0 aliphatic rings. The number of sulfone groups is 1. The summed E-state index contributed by atoms with van der Waals surface area (Å²) in [6.07, 6.45) is 3.65. The van der Waals surface area contributed by atoms with Gasteiger partial charge in [-0.1, -0.05) is 18.2 Å². The number of hydrogen-bond acceptors (Lipinski definition) is 4. The van der Waals surface area contributed by atoms with Gasteiger partial charge in [-0.3, -0.25) is 4.68 Å². The molecule has 0 amide bonds. The highest BCUT2D eigenvalue weighted by Gasteiger charge is 2.17. The van der Waals surface area contributed by atoms with E-state index >= 15 is 0 Å². The molecule has 0 aliphatic heterocycles. The van der Waals surface area contributed by atoms with Crippen molar-refractivity contribution < 1.29 is 8.42 Å². The number of aromatic nitrogens is 2. The van der Waals surface area contributed by atoms with Crippen LogP contribution in [0.1, 0.15) is 19.9 Å². The lowest BCUT2D eigenvalue weighted by Crippen LogP contribution is -2.36. The van der Waals surface area contributed by atoms with Gasteiger partial charge in [0.05, 0.1) is 16.7 Å². The summed E-state index contributed by atoms with van der Waals surface area (Å²) in [6, 6.07) is 10.7. The summed E-state index contributed by atoms with van der Waals surface area (Å²) in [4.78, 5) is 0.375. The highest BCUT2D eigenvalue weighted by Crippen LogP contribution is 2.11. The molecule has 0 aliphatic carbocycles. The van der Waals surface area contributed by atoms with Gasteiger partial charge in [0, 0.05) is 25.0 Å². The average Bonchev–Trinajstić information content (AvgIpc) is 3.01. The second kappa shape index (κ2) is 6.87. The first kappa shape index (κ1) is 15.7. The molecule has 1 N–H and O–H groups in total. The van der Waals surface area contributed by atoms with Crippen LogP contribution < -0.4 is 5.32 Å². The Hall–Kier alpha value is -1.66. The summed E-state index contributed by atoms with van der Waals surface area (Å²) in [5.41, 5.74) is 0. The smallest absolute Gasteiger partial charge is 0.179 e. The molecule has 0 unspecified atom stereocenters. The maximum atomic E-state index is 12.2. The molecule has 0 bridgehead atoms. The molecule has 1 aromatic carbocycles. The van der Waals surface area contributed by atoms with Crippen molar-refractivity contribution in [2.24, 2.45) is 0 Å². The van der Waals surface area contributed by atoms with Gasteiger partial charge in [-0.2, -0.15) is 5.10 Å². The second-order valence-corrected chi connectivity index (χ2v) is 7.21. The Balaban J connectivity index is 1.87. The first-order chi connectivity index (χ1) is 10.0. The fraction of sp³-hybridized carbons (Fsp3) is 0.400. The van der Waals surface area contributed by atoms with Crippen molar-refractivity contribution in [1.82, 2.24) is 15.1 Å². The van der Waals surface area contributed by atoms with Crippen LogP contribution in [-0.4, -0.2) is 36.5 Å². The van der Waals surface area contributed by atoms with E-state index in [1.54, 1.807) is 30.5 Å². The fourth-order valence-electron chi connectivity index (χ4n) is 2.09. The maximum Gasteiger partial charge on any atom is 0.179 e. The maximum absolute atomic E-state index is 12.2. The van der Waals surface area contributed by atoms with E-state index in [4.69, 9.17) is 0 Å². The van der Waals surface area contributed by atoms with E-state index < -0.39 is 9.84 Å². The minimum absolute atomic E-state index is 0.0905. The van der Waals surface area contributed by atoms with Gasteiger partial charge >= 0.3 is 0 Å². The van der Waals surface area contributed by atoms with E-state index in [2.05, 4.69) is 17.3 Å². The molecular weight excluding hydrogens is 286 g/mol. The minimum Gasteiger partial charge on any atom is -0.311 e. The van der Waals surface area contributed by atoms with Crippen LogP contribution in [0.15, 0.2) is 53.7 Å². The zero-order valence-corrected chi connectivity index (χ0v) is 13.1. The van der Waals surface area contributed by atoms with E-state index in [0.29, 0.717) is 11.4 Å². The van der Waals surface area contributed by atoms with Crippen molar-refractivity contribution in [2.45, 2.75) is 30.8 Å². The quantitative estimate of drug-likeness (QED) is 0.848. The van der Waals surface area contributed by atoms with Gasteiger partial charge in [0.1, 0.15) is 0 Å². The van der Waals surface area contributed by atoms with Gasteiger partial charge in [-0.15, -0.1) is 0 Å². The van der Waals surface area contributed by atoms with Crippen LogP contribution in [0, 0.1) is 0 Å². The van der Waals surface area contributed by atoms with Gasteiger partial charge in [0.15, 0.2) is 9.84 Å². The fourth-order valence-corrected chi connectivity index (χ4v) is 3.28. The molecule has 2 aromatic rings. The summed E-state index contributed by atoms with van der Waals surface area (Å²) >= 11 is 0. The summed E-state index contributed by atoms with van der Waals surface area (Å²) in [5, 5.41) is 7.46. The third kappa shape index (κ3) is 4.15. The summed E-state index contributed by atoms with van der Waals surface area (Å²) in [6.45, 7) is 4.50. The van der Waals surface area contributed by atoms with E-state index in [1.807, 2.05) is 29.9 Å². The SMILES string of the molecule is C[C@@H](NCCS(=O)(=O)c1ccccc1)[C@H](C)n1cccn1. The molecular formula is C15H21N3O2S. The average molecular weight is 307 g/mol. The largest absolute Gasteiger partial charge is 0.311 e. The predicted molar refractivity (Wildman–Crippen MR) is 82.9 cm³/mol. The molecule has 21 heavy (non-hydrogen) atoms. The molecule has 0 radical (unpaired) electrons. The normalized spacial score (nSPS) is 14.8. The van der Waals surface area contributed by atoms with Crippen molar-refractivity contribution in [2.75, 3.05) is 12.3 Å². The van der Waals surface area contributed by atoms with E-state index in [0.717, 1.165) is 0 Å². The molecule has 1 heterocycles. The lowest BCUT2D eigenvalue weighted by molar-refractivity contribution is 0.372. The Morgan fingerprint density at radius 2 is 1.90 bits per heavy atom. The van der Waals surface area contributed by atoms with E-state index in [-0.39, 0.29) is 17.8 Å². The van der Waals surface area contributed by atoms with Crippen LogP contribution >= 0.6 is 0 Å². The van der Waals surface area contributed by atoms with Crippen molar-refractivity contribution in [3.05, 3.63) is 48.8 Å². The van der Waals surface area contributed by atoms with Gasteiger partial charge in [0.25, 0.3) is 0 Å². The molecule has 1 aromatic heterocycles. The number of nitrogens with zero attached hydrogens (tertiary/aromatic N) is 2. The Kier molecular flexibility index (Phi) is 5.14. The zero-order chi connectivity index (χ0) is 15.3. The number of rotatable bonds is 7. The highest BCUT2D eigenvalue weighted by atomic mass is 32.2. The van der Waals surface area contributed by atoms with Crippen molar-refractivity contribution in [3.63, 3.8) is 0 Å². The van der Waals surface area contributed by atoms with Crippen LogP contribution in [0.4, 0.5) is 0 Å². The van der Waals surface area contributed by atoms with E-state index in [9.17, 15) is 8.42 Å². The van der Waals surface area contributed by atoms with Crippen molar-refractivity contribution >= 4 is 9.84 Å². The first-order valence-corrected chi connectivity index (χ1v) is 8.66. The van der Waals surface area contributed by atoms with Crippen LogP contribution in [0.5, 0.6) is 0 Å². The second-order valence-electron chi connectivity index (χ2n) is 5.10. The molecule has 0 saturated carbocycles. The van der Waals surface area contributed by atoms with Crippen LogP contribution in [0.3, 0.4) is 0 Å². The van der Waals surface area contributed by atoms with Crippen molar-refractivity contribution in [3.8, 4) is 0 Å². The van der Waals surface area contributed by atoms with Crippen LogP contribution in [-0.2, 0) is 9.84 Å². The lowest BCUT2D eigenvalue weighted by atomic mass is 10.2. The molecule has 114 valence electrons. The molecule has 5 nitrogen and oxygen atoms in total. The lowest BCUT2D eigenvalue weighted by Gasteiger charge is -2.21. The monoisotopic (exact) mass is 307 g/mol. The topological polar surface area (TPSA) is 64.0 Å². The highest BCUT2D eigenvalue weighted by molar-refractivity contribution is 7.91. The van der Waals surface area contributed by atoms with Gasteiger partial charge in [-0.25, -0.2) is 8.42 Å². The van der Waals surface area contributed by atoms with Gasteiger partial charge < -0.3 is 5.32 Å². The predicted octanol–water partition coefficient (Wildman–Crippen LogP) is 1.90. The number of benzene rings is 1. The molecule has 2 atom stereocenters. The number of nitrogens with one attached hydrogen (secondary N) is 1. The summed E-state index contributed by atoms with van der Waals surface area (Å²) in [7, 11) is -3.22.